The van der Waals surface area contributed by atoms with Gasteiger partial charge in [0.15, 0.2) is 11.8 Å². The van der Waals surface area contributed by atoms with Crippen LogP contribution >= 0.6 is 24.0 Å². The van der Waals surface area contributed by atoms with Crippen molar-refractivity contribution in [3.05, 3.63) is 47.0 Å². The van der Waals surface area contributed by atoms with Gasteiger partial charge in [-0.25, -0.2) is 14.7 Å². The van der Waals surface area contributed by atoms with E-state index in [9.17, 15) is 4.79 Å². The molecule has 1 unspecified atom stereocenters. The molecular formula is C23H36IN7O2. The van der Waals surface area contributed by atoms with Crippen LogP contribution in [0, 0.1) is 0 Å². The van der Waals surface area contributed by atoms with Crippen LogP contribution in [0.3, 0.4) is 0 Å². The third-order valence-corrected chi connectivity index (χ3v) is 4.96. The van der Waals surface area contributed by atoms with Gasteiger partial charge in [-0.05, 0) is 51.8 Å². The summed E-state index contributed by atoms with van der Waals surface area (Å²) in [4.78, 5) is 21.7. The number of carbonyl (C=O) groups is 1. The first-order chi connectivity index (χ1) is 15.3. The van der Waals surface area contributed by atoms with Crippen LogP contribution in [-0.4, -0.2) is 51.9 Å². The first-order valence-corrected chi connectivity index (χ1v) is 11.1. The van der Waals surface area contributed by atoms with Crippen molar-refractivity contribution in [2.45, 2.75) is 71.8 Å². The Morgan fingerprint density at radius 1 is 1.33 bits per heavy atom. The van der Waals surface area contributed by atoms with Crippen molar-refractivity contribution in [1.29, 1.82) is 0 Å². The predicted octanol–water partition coefficient (Wildman–Crippen LogP) is 2.64. The Hall–Kier alpha value is -2.21. The fourth-order valence-electron chi connectivity index (χ4n) is 3.58. The third-order valence-electron chi connectivity index (χ3n) is 4.96. The van der Waals surface area contributed by atoms with Gasteiger partial charge >= 0.3 is 0 Å². The number of methoxy groups -OCH3 is 1. The van der Waals surface area contributed by atoms with E-state index in [0.29, 0.717) is 18.7 Å². The second-order valence-corrected chi connectivity index (χ2v) is 9.04. The number of aliphatic imine (C=N–C) groups is 1. The highest BCUT2D eigenvalue weighted by Gasteiger charge is 2.22. The van der Waals surface area contributed by atoms with Crippen molar-refractivity contribution in [2.24, 2.45) is 4.99 Å². The number of amides is 1. The number of fused-ring (bicyclic) bond motifs is 1. The number of ether oxygens (including phenoxy) is 1. The number of hydrogen-bond acceptors (Lipinski definition) is 5. The van der Waals surface area contributed by atoms with Crippen LogP contribution < -0.4 is 16.0 Å². The summed E-state index contributed by atoms with van der Waals surface area (Å²) in [6.45, 7) is 10.4. The summed E-state index contributed by atoms with van der Waals surface area (Å²) in [5, 5.41) is 14.4. The monoisotopic (exact) mass is 569 g/mol. The summed E-state index contributed by atoms with van der Waals surface area (Å²) in [6, 6.07) is 7.82. The molecule has 1 atom stereocenters. The highest BCUT2D eigenvalue weighted by Crippen LogP contribution is 2.14. The zero-order valence-electron chi connectivity index (χ0n) is 20.1. The smallest absolute Gasteiger partial charge is 0.251 e. The molecule has 10 heteroatoms. The van der Waals surface area contributed by atoms with Crippen molar-refractivity contribution in [3.8, 4) is 0 Å². The van der Waals surface area contributed by atoms with Crippen LogP contribution in [0.15, 0.2) is 29.3 Å². The lowest BCUT2D eigenvalue weighted by molar-refractivity contribution is 0.0919. The molecule has 9 nitrogen and oxygen atoms in total. The molecule has 1 aromatic heterocycles. The highest BCUT2D eigenvalue weighted by molar-refractivity contribution is 14.0. The average molecular weight is 569 g/mol. The fraction of sp³-hybridized carbons (Fsp3) is 0.565. The molecule has 1 aromatic carbocycles. The van der Waals surface area contributed by atoms with Crippen molar-refractivity contribution in [2.75, 3.05) is 13.7 Å². The standard InChI is InChI=1S/C23H35N7O2.HI/c1-6-24-22(26-18-10-11-20-27-19(15-32-5)29-30(20)14-18)25-13-16-8-7-9-17(12-16)21(31)28-23(2,3)4;/h7-9,12,18H,6,10-11,13-15H2,1-5H3,(H,28,31)(H2,24,25,26);1H. The molecule has 2 aromatic rings. The summed E-state index contributed by atoms with van der Waals surface area (Å²) in [5.41, 5.74) is 1.35. The molecule has 0 spiro atoms. The van der Waals surface area contributed by atoms with Gasteiger partial charge in [0, 0.05) is 37.2 Å². The SMILES string of the molecule is CCNC(=NCc1cccc(C(=O)NC(C)(C)C)c1)NC1CCc2nc(COC)nn2C1.I. The molecule has 1 amide bonds. The highest BCUT2D eigenvalue weighted by atomic mass is 127. The topological polar surface area (TPSA) is 105 Å². The second kappa shape index (κ2) is 12.3. The van der Waals surface area contributed by atoms with Crippen LogP contribution in [0.4, 0.5) is 0 Å². The Morgan fingerprint density at radius 3 is 2.82 bits per heavy atom. The van der Waals surface area contributed by atoms with Crippen LogP contribution in [0.2, 0.25) is 0 Å². The largest absolute Gasteiger partial charge is 0.377 e. The summed E-state index contributed by atoms with van der Waals surface area (Å²) in [6.07, 6.45) is 1.82. The average Bonchev–Trinajstić information content (AvgIpc) is 3.13. The molecule has 3 rings (SSSR count). The third kappa shape index (κ3) is 8.26. The summed E-state index contributed by atoms with van der Waals surface area (Å²) in [7, 11) is 1.65. The number of benzene rings is 1. The molecule has 2 heterocycles. The van der Waals surface area contributed by atoms with E-state index in [2.05, 4.69) is 26.0 Å². The van der Waals surface area contributed by atoms with E-state index >= 15 is 0 Å². The second-order valence-electron chi connectivity index (χ2n) is 9.04. The molecule has 1 aliphatic heterocycles. The molecule has 1 aliphatic rings. The van der Waals surface area contributed by atoms with Gasteiger partial charge in [-0.15, -0.1) is 24.0 Å². The fourth-order valence-corrected chi connectivity index (χ4v) is 3.58. The number of hydrogen-bond donors (Lipinski definition) is 3. The molecule has 0 aliphatic carbocycles. The van der Waals surface area contributed by atoms with Gasteiger partial charge in [-0.2, -0.15) is 5.10 Å². The first-order valence-electron chi connectivity index (χ1n) is 11.1. The van der Waals surface area contributed by atoms with E-state index in [1.807, 2.05) is 56.6 Å². The van der Waals surface area contributed by atoms with E-state index in [0.717, 1.165) is 49.1 Å². The lowest BCUT2D eigenvalue weighted by Crippen LogP contribution is -2.47. The molecule has 0 fully saturated rings. The van der Waals surface area contributed by atoms with Gasteiger partial charge in [0.25, 0.3) is 5.91 Å². The molecule has 182 valence electrons. The van der Waals surface area contributed by atoms with Gasteiger partial charge in [0.2, 0.25) is 0 Å². The molecule has 3 N–H and O–H groups in total. The number of aryl methyl sites for hydroxylation is 1. The maximum atomic E-state index is 12.5. The number of aromatic nitrogens is 3. The van der Waals surface area contributed by atoms with Crippen molar-refractivity contribution in [1.82, 2.24) is 30.7 Å². The molecule has 0 saturated heterocycles. The summed E-state index contributed by atoms with van der Waals surface area (Å²) in [5.74, 6) is 2.40. The van der Waals surface area contributed by atoms with E-state index in [4.69, 9.17) is 9.73 Å². The summed E-state index contributed by atoms with van der Waals surface area (Å²) >= 11 is 0. The molecular weight excluding hydrogens is 533 g/mol. The van der Waals surface area contributed by atoms with Gasteiger partial charge in [0.1, 0.15) is 12.4 Å². The van der Waals surface area contributed by atoms with E-state index in [-0.39, 0.29) is 41.5 Å². The predicted molar refractivity (Wildman–Crippen MR) is 140 cm³/mol. The minimum absolute atomic E-state index is 0. The molecule has 0 saturated carbocycles. The maximum Gasteiger partial charge on any atom is 0.251 e. The first kappa shape index (κ1) is 27.0. The van der Waals surface area contributed by atoms with Gasteiger partial charge < -0.3 is 20.7 Å². The van der Waals surface area contributed by atoms with Crippen LogP contribution in [0.5, 0.6) is 0 Å². The Labute approximate surface area is 213 Å². The van der Waals surface area contributed by atoms with Gasteiger partial charge in [-0.3, -0.25) is 4.79 Å². The Kier molecular flexibility index (Phi) is 10.1. The zero-order chi connectivity index (χ0) is 23.1. The number of guanidine groups is 1. The van der Waals surface area contributed by atoms with Crippen molar-refractivity contribution < 1.29 is 9.53 Å². The van der Waals surface area contributed by atoms with E-state index in [1.54, 1.807) is 7.11 Å². The van der Waals surface area contributed by atoms with Crippen LogP contribution in [-0.2, 0) is 30.9 Å². The Bertz CT molecular complexity index is 953. The minimum atomic E-state index is -0.276. The maximum absolute atomic E-state index is 12.5. The summed E-state index contributed by atoms with van der Waals surface area (Å²) < 4.78 is 7.10. The number of nitrogens with one attached hydrogen (secondary N) is 3. The molecule has 0 radical (unpaired) electrons. The Morgan fingerprint density at radius 2 is 2.12 bits per heavy atom. The molecule has 0 bridgehead atoms. The number of carbonyl (C=O) groups excluding carboxylic acids is 1. The van der Waals surface area contributed by atoms with E-state index in [1.165, 1.54) is 0 Å². The van der Waals surface area contributed by atoms with Crippen LogP contribution in [0.1, 0.15) is 61.7 Å². The molecule has 33 heavy (non-hydrogen) atoms. The quantitative estimate of drug-likeness (QED) is 0.269. The van der Waals surface area contributed by atoms with Crippen LogP contribution in [0.25, 0.3) is 0 Å². The van der Waals surface area contributed by atoms with E-state index < -0.39 is 0 Å². The Balaban J connectivity index is 0.00000385. The lowest BCUT2D eigenvalue weighted by Gasteiger charge is -2.25. The zero-order valence-corrected chi connectivity index (χ0v) is 22.5. The number of nitrogens with zero attached hydrogens (tertiary/aromatic N) is 4. The number of halogens is 1. The normalized spacial score (nSPS) is 15.9. The van der Waals surface area contributed by atoms with Crippen molar-refractivity contribution >= 4 is 35.8 Å². The van der Waals surface area contributed by atoms with Gasteiger partial charge in [-0.1, -0.05) is 12.1 Å². The minimum Gasteiger partial charge on any atom is -0.377 e. The van der Waals surface area contributed by atoms with Gasteiger partial charge in [0.05, 0.1) is 13.1 Å². The number of rotatable bonds is 7. The van der Waals surface area contributed by atoms with Crippen molar-refractivity contribution in [3.63, 3.8) is 0 Å². The lowest BCUT2D eigenvalue weighted by atomic mass is 10.1.